The number of hydrogen-bond acceptors (Lipinski definition) is 5. The Balaban J connectivity index is 1.49. The quantitative estimate of drug-likeness (QED) is 0.741. The van der Waals surface area contributed by atoms with Crippen molar-refractivity contribution in [3.05, 3.63) is 59.2 Å². The lowest BCUT2D eigenvalue weighted by molar-refractivity contribution is 0.234. The topological polar surface area (TPSA) is 96.2 Å². The van der Waals surface area contributed by atoms with Gasteiger partial charge in [0.2, 0.25) is 0 Å². The molecule has 1 fully saturated rings. The Morgan fingerprint density at radius 1 is 1.21 bits per heavy atom. The van der Waals surface area contributed by atoms with E-state index in [1.165, 1.54) is 11.8 Å². The minimum atomic E-state index is -0.122. The number of nitrogens with zero attached hydrogens (tertiary/aromatic N) is 3. The van der Waals surface area contributed by atoms with E-state index in [1.54, 1.807) is 6.33 Å². The van der Waals surface area contributed by atoms with Crippen molar-refractivity contribution in [3.63, 3.8) is 0 Å². The van der Waals surface area contributed by atoms with Crippen LogP contribution in [0.5, 0.6) is 0 Å². The smallest absolute Gasteiger partial charge is 0.315 e. The Bertz CT molecular complexity index is 825. The average Bonchev–Trinajstić information content (AvgIpc) is 2.70. The van der Waals surface area contributed by atoms with Crippen LogP contribution in [0.3, 0.4) is 0 Å². The second-order valence-corrected chi connectivity index (χ2v) is 7.13. The first-order chi connectivity index (χ1) is 13.6. The lowest BCUT2D eigenvalue weighted by Crippen LogP contribution is -2.48. The molecule has 0 aliphatic carbocycles. The molecular weight excluding hydrogens is 352 g/mol. The van der Waals surface area contributed by atoms with Gasteiger partial charge in [-0.05, 0) is 44.5 Å². The maximum absolute atomic E-state index is 12.2. The number of aromatic nitrogens is 2. The van der Waals surface area contributed by atoms with Crippen LogP contribution >= 0.6 is 0 Å². The van der Waals surface area contributed by atoms with Crippen molar-refractivity contribution in [2.45, 2.75) is 39.3 Å². The first-order valence-electron chi connectivity index (χ1n) is 9.61. The minimum absolute atomic E-state index is 0.122. The summed E-state index contributed by atoms with van der Waals surface area (Å²) in [5.74, 6) is 0.900. The molecule has 0 bridgehead atoms. The van der Waals surface area contributed by atoms with Gasteiger partial charge in [0.15, 0.2) is 0 Å². The van der Waals surface area contributed by atoms with Crippen LogP contribution in [-0.2, 0) is 6.54 Å². The van der Waals surface area contributed by atoms with Crippen molar-refractivity contribution in [3.8, 4) is 0 Å². The van der Waals surface area contributed by atoms with E-state index in [0.717, 1.165) is 48.6 Å². The first-order valence-corrected chi connectivity index (χ1v) is 9.61. The average molecular weight is 380 g/mol. The molecule has 0 unspecified atom stereocenters. The van der Waals surface area contributed by atoms with Crippen LogP contribution in [0.25, 0.3) is 6.08 Å². The lowest BCUT2D eigenvalue weighted by Gasteiger charge is -2.34. The number of carbonyl (C=O) groups excluding carboxylic acids is 1. The molecule has 2 heterocycles. The number of carbonyl (C=O) groups is 1. The molecule has 4 N–H and O–H groups in total. The molecule has 7 nitrogen and oxygen atoms in total. The highest BCUT2D eigenvalue weighted by Crippen LogP contribution is 2.24. The summed E-state index contributed by atoms with van der Waals surface area (Å²) in [7, 11) is 0. The van der Waals surface area contributed by atoms with Gasteiger partial charge in [0.1, 0.15) is 12.1 Å². The highest BCUT2D eigenvalue weighted by molar-refractivity contribution is 5.74. The van der Waals surface area contributed by atoms with Crippen molar-refractivity contribution >= 4 is 17.9 Å². The minimum Gasteiger partial charge on any atom is -0.405 e. The fourth-order valence-electron chi connectivity index (χ4n) is 3.37. The third kappa shape index (κ3) is 5.00. The predicted molar refractivity (Wildman–Crippen MR) is 112 cm³/mol. The van der Waals surface area contributed by atoms with Crippen molar-refractivity contribution in [2.24, 2.45) is 5.73 Å². The van der Waals surface area contributed by atoms with Gasteiger partial charge in [0, 0.05) is 31.2 Å². The standard InChI is InChI=1S/C21H28N6O/c1-15-3-5-17(6-4-15)13-23-21(28)26-18-8-11-27(12-9-18)20-19(7-10-22)16(2)24-14-25-20/h3-7,10,14,18H,8-9,11-13,22H2,1-2H3,(H2,23,26,28)/b10-7-. The summed E-state index contributed by atoms with van der Waals surface area (Å²) in [6, 6.07) is 8.20. The Hall–Kier alpha value is -3.09. The van der Waals surface area contributed by atoms with Gasteiger partial charge in [-0.1, -0.05) is 29.8 Å². The number of rotatable bonds is 5. The molecule has 2 amide bonds. The van der Waals surface area contributed by atoms with E-state index >= 15 is 0 Å². The van der Waals surface area contributed by atoms with Crippen molar-refractivity contribution in [1.29, 1.82) is 0 Å². The van der Waals surface area contributed by atoms with Crippen LogP contribution in [0, 0.1) is 13.8 Å². The monoisotopic (exact) mass is 380 g/mol. The zero-order chi connectivity index (χ0) is 19.9. The van der Waals surface area contributed by atoms with Crippen LogP contribution in [-0.4, -0.2) is 35.1 Å². The van der Waals surface area contributed by atoms with Gasteiger partial charge in [-0.3, -0.25) is 0 Å². The number of aryl methyl sites for hydroxylation is 2. The van der Waals surface area contributed by atoms with Crippen molar-refractivity contribution < 1.29 is 4.79 Å². The van der Waals surface area contributed by atoms with E-state index in [0.29, 0.717) is 6.54 Å². The van der Waals surface area contributed by atoms with Crippen LogP contribution in [0.2, 0.25) is 0 Å². The summed E-state index contributed by atoms with van der Waals surface area (Å²) >= 11 is 0. The summed E-state index contributed by atoms with van der Waals surface area (Å²) in [6.07, 6.45) is 6.68. The molecule has 0 radical (unpaired) electrons. The zero-order valence-electron chi connectivity index (χ0n) is 16.5. The summed E-state index contributed by atoms with van der Waals surface area (Å²) in [6.45, 7) is 6.18. The second-order valence-electron chi connectivity index (χ2n) is 7.13. The van der Waals surface area contributed by atoms with Crippen LogP contribution in [0.15, 0.2) is 36.8 Å². The second kappa shape index (κ2) is 9.21. The van der Waals surface area contributed by atoms with Gasteiger partial charge in [0.05, 0.1) is 5.69 Å². The van der Waals surface area contributed by atoms with E-state index in [9.17, 15) is 4.79 Å². The number of urea groups is 1. The summed E-state index contributed by atoms with van der Waals surface area (Å²) in [5.41, 5.74) is 9.73. The third-order valence-corrected chi connectivity index (χ3v) is 5.03. The highest BCUT2D eigenvalue weighted by Gasteiger charge is 2.23. The fourth-order valence-corrected chi connectivity index (χ4v) is 3.37. The van der Waals surface area contributed by atoms with Crippen LogP contribution in [0.1, 0.15) is 35.2 Å². The number of nitrogens with two attached hydrogens (primary N) is 1. The largest absolute Gasteiger partial charge is 0.405 e. The Labute approximate surface area is 166 Å². The normalized spacial score (nSPS) is 15.0. The highest BCUT2D eigenvalue weighted by atomic mass is 16.2. The molecule has 0 atom stereocenters. The van der Waals surface area contributed by atoms with Gasteiger partial charge in [-0.15, -0.1) is 0 Å². The van der Waals surface area contributed by atoms with Gasteiger partial charge < -0.3 is 21.3 Å². The Morgan fingerprint density at radius 3 is 2.61 bits per heavy atom. The molecule has 1 aromatic carbocycles. The predicted octanol–water partition coefficient (Wildman–Crippen LogP) is 2.49. The van der Waals surface area contributed by atoms with E-state index in [1.807, 2.05) is 44.2 Å². The maximum Gasteiger partial charge on any atom is 0.315 e. The summed E-state index contributed by atoms with van der Waals surface area (Å²) < 4.78 is 0. The molecule has 1 aromatic heterocycles. The molecule has 7 heteroatoms. The SMILES string of the molecule is Cc1ccc(CNC(=O)NC2CCN(c3ncnc(C)c3/C=C\N)CC2)cc1. The number of hydrogen-bond donors (Lipinski definition) is 3. The van der Waals surface area contributed by atoms with Gasteiger partial charge in [-0.2, -0.15) is 0 Å². The lowest BCUT2D eigenvalue weighted by atomic mass is 10.0. The first kappa shape index (κ1) is 19.7. The van der Waals surface area contributed by atoms with Gasteiger partial charge >= 0.3 is 6.03 Å². The molecular formula is C21H28N6O. The van der Waals surface area contributed by atoms with Gasteiger partial charge in [0.25, 0.3) is 0 Å². The van der Waals surface area contributed by atoms with Crippen LogP contribution < -0.4 is 21.3 Å². The molecule has 28 heavy (non-hydrogen) atoms. The zero-order valence-corrected chi connectivity index (χ0v) is 16.5. The van der Waals surface area contributed by atoms with Gasteiger partial charge in [-0.25, -0.2) is 14.8 Å². The number of nitrogens with one attached hydrogen (secondary N) is 2. The Kier molecular flexibility index (Phi) is 6.47. The molecule has 1 saturated heterocycles. The molecule has 3 rings (SSSR count). The van der Waals surface area contributed by atoms with E-state index in [4.69, 9.17) is 5.73 Å². The van der Waals surface area contributed by atoms with E-state index in [-0.39, 0.29) is 12.1 Å². The third-order valence-electron chi connectivity index (χ3n) is 5.03. The van der Waals surface area contributed by atoms with E-state index in [2.05, 4.69) is 25.5 Å². The molecule has 1 aliphatic rings. The molecule has 0 spiro atoms. The summed E-state index contributed by atoms with van der Waals surface area (Å²) in [5, 5.41) is 6.01. The molecule has 1 aliphatic heterocycles. The summed E-state index contributed by atoms with van der Waals surface area (Å²) in [4.78, 5) is 23.1. The number of piperidine rings is 1. The van der Waals surface area contributed by atoms with Crippen molar-refractivity contribution in [2.75, 3.05) is 18.0 Å². The fraction of sp³-hybridized carbons (Fsp3) is 0.381. The Morgan fingerprint density at radius 2 is 1.93 bits per heavy atom. The molecule has 2 aromatic rings. The molecule has 0 saturated carbocycles. The van der Waals surface area contributed by atoms with E-state index < -0.39 is 0 Å². The number of amides is 2. The molecule has 148 valence electrons. The van der Waals surface area contributed by atoms with Crippen molar-refractivity contribution in [1.82, 2.24) is 20.6 Å². The van der Waals surface area contributed by atoms with Crippen LogP contribution in [0.4, 0.5) is 10.6 Å². The number of anilines is 1. The number of benzene rings is 1. The maximum atomic E-state index is 12.2.